The Morgan fingerprint density at radius 1 is 1.25 bits per heavy atom. The monoisotopic (exact) mass is 219 g/mol. The highest BCUT2D eigenvalue weighted by Crippen LogP contribution is 2.19. The number of nitrogens with zero attached hydrogens (tertiary/aromatic N) is 2. The van der Waals surface area contributed by atoms with E-state index in [9.17, 15) is 4.79 Å². The van der Waals surface area contributed by atoms with Crippen LogP contribution >= 0.6 is 0 Å². The van der Waals surface area contributed by atoms with Gasteiger partial charge in [0.2, 0.25) is 0 Å². The van der Waals surface area contributed by atoms with Crippen LogP contribution in [-0.2, 0) is 0 Å². The molecule has 0 atom stereocenters. The van der Waals surface area contributed by atoms with Crippen molar-refractivity contribution in [1.82, 2.24) is 14.6 Å². The molecule has 0 aliphatic carbocycles. The molecule has 0 aliphatic rings. The van der Waals surface area contributed by atoms with Gasteiger partial charge in [0, 0.05) is 12.1 Å². The fraction of sp³-hybridized carbons (Fsp3) is 0.500. The van der Waals surface area contributed by atoms with Gasteiger partial charge in [-0.05, 0) is 17.5 Å². The Morgan fingerprint density at radius 2 is 1.94 bits per heavy atom. The Bertz CT molecular complexity index is 563. The van der Waals surface area contributed by atoms with E-state index in [-0.39, 0.29) is 11.5 Å². The fourth-order valence-electron chi connectivity index (χ4n) is 1.79. The molecule has 2 heterocycles. The molecule has 16 heavy (non-hydrogen) atoms. The molecule has 0 spiro atoms. The van der Waals surface area contributed by atoms with Gasteiger partial charge in [-0.25, -0.2) is 5.10 Å². The summed E-state index contributed by atoms with van der Waals surface area (Å²) in [6, 6.07) is 1.94. The van der Waals surface area contributed by atoms with Crippen molar-refractivity contribution in [2.24, 2.45) is 0 Å². The molecular formula is C12H17N3O. The van der Waals surface area contributed by atoms with Crippen molar-refractivity contribution in [2.45, 2.75) is 39.5 Å². The maximum atomic E-state index is 11.7. The van der Waals surface area contributed by atoms with Crippen LogP contribution in [0.4, 0.5) is 0 Å². The topological polar surface area (TPSA) is 50.2 Å². The van der Waals surface area contributed by atoms with Crippen LogP contribution < -0.4 is 5.56 Å². The Labute approximate surface area is 94.3 Å². The Morgan fingerprint density at radius 3 is 2.50 bits per heavy atom. The van der Waals surface area contributed by atoms with Crippen molar-refractivity contribution in [3.05, 3.63) is 34.0 Å². The number of hydrogen-bond acceptors (Lipinski definition) is 2. The Kier molecular flexibility index (Phi) is 2.58. The molecule has 0 fully saturated rings. The molecule has 0 unspecified atom stereocenters. The van der Waals surface area contributed by atoms with E-state index in [4.69, 9.17) is 0 Å². The third-order valence-corrected chi connectivity index (χ3v) is 2.78. The number of nitrogens with one attached hydrogen (secondary N) is 1. The van der Waals surface area contributed by atoms with Gasteiger partial charge in [0.1, 0.15) is 11.3 Å². The van der Waals surface area contributed by atoms with Crippen LogP contribution in [0.15, 0.2) is 17.1 Å². The third kappa shape index (κ3) is 1.64. The molecular weight excluding hydrogens is 202 g/mol. The molecule has 4 nitrogen and oxygen atoms in total. The van der Waals surface area contributed by atoms with Crippen molar-refractivity contribution in [2.75, 3.05) is 0 Å². The lowest BCUT2D eigenvalue weighted by Gasteiger charge is -2.06. The molecule has 0 radical (unpaired) electrons. The zero-order valence-corrected chi connectivity index (χ0v) is 10.1. The minimum absolute atomic E-state index is 0.128. The lowest BCUT2D eigenvalue weighted by molar-refractivity contribution is 0.710. The summed E-state index contributed by atoms with van der Waals surface area (Å²) in [5.41, 5.74) is 1.72. The van der Waals surface area contributed by atoms with Crippen LogP contribution in [0.2, 0.25) is 0 Å². The highest BCUT2D eigenvalue weighted by Gasteiger charge is 2.12. The SMILES string of the molecule is CC(C)c1cc2c(=O)[nH]nc(C(C)C)n2c1. The maximum absolute atomic E-state index is 11.7. The largest absolute Gasteiger partial charge is 0.298 e. The smallest absolute Gasteiger partial charge is 0.288 e. The van der Waals surface area contributed by atoms with Gasteiger partial charge in [-0.1, -0.05) is 27.7 Å². The summed E-state index contributed by atoms with van der Waals surface area (Å²) in [7, 11) is 0. The van der Waals surface area contributed by atoms with E-state index in [0.29, 0.717) is 11.4 Å². The molecule has 86 valence electrons. The summed E-state index contributed by atoms with van der Waals surface area (Å²) in [6.07, 6.45) is 2.01. The fourth-order valence-corrected chi connectivity index (χ4v) is 1.79. The maximum Gasteiger partial charge on any atom is 0.288 e. The van der Waals surface area contributed by atoms with Gasteiger partial charge in [-0.3, -0.25) is 9.20 Å². The van der Waals surface area contributed by atoms with E-state index in [2.05, 4.69) is 37.9 Å². The zero-order valence-electron chi connectivity index (χ0n) is 10.1. The second-order valence-corrected chi connectivity index (χ2v) is 4.75. The number of hydrogen-bond donors (Lipinski definition) is 1. The minimum atomic E-state index is -0.128. The molecule has 2 aromatic heterocycles. The van der Waals surface area contributed by atoms with Gasteiger partial charge < -0.3 is 0 Å². The van der Waals surface area contributed by atoms with Crippen LogP contribution in [0.1, 0.15) is 50.9 Å². The van der Waals surface area contributed by atoms with Crippen molar-refractivity contribution < 1.29 is 0 Å². The molecule has 0 saturated heterocycles. The highest BCUT2D eigenvalue weighted by molar-refractivity contribution is 5.49. The molecule has 0 aromatic carbocycles. The van der Waals surface area contributed by atoms with E-state index in [0.717, 1.165) is 5.82 Å². The highest BCUT2D eigenvalue weighted by atomic mass is 16.1. The van der Waals surface area contributed by atoms with E-state index in [1.165, 1.54) is 5.56 Å². The summed E-state index contributed by atoms with van der Waals surface area (Å²) < 4.78 is 1.90. The zero-order chi connectivity index (χ0) is 11.9. The van der Waals surface area contributed by atoms with Gasteiger partial charge in [0.25, 0.3) is 5.56 Å². The predicted octanol–water partition coefficient (Wildman–Crippen LogP) is 2.27. The third-order valence-electron chi connectivity index (χ3n) is 2.78. The van der Waals surface area contributed by atoms with Gasteiger partial charge in [0.15, 0.2) is 0 Å². The molecule has 0 bridgehead atoms. The normalized spacial score (nSPS) is 11.9. The lowest BCUT2D eigenvalue weighted by Crippen LogP contribution is -2.15. The number of H-pyrrole nitrogens is 1. The minimum Gasteiger partial charge on any atom is -0.298 e. The van der Waals surface area contributed by atoms with Gasteiger partial charge in [-0.15, -0.1) is 0 Å². The van der Waals surface area contributed by atoms with Crippen LogP contribution in [0.25, 0.3) is 5.52 Å². The summed E-state index contributed by atoms with van der Waals surface area (Å²) >= 11 is 0. The second kappa shape index (κ2) is 3.77. The average molecular weight is 219 g/mol. The van der Waals surface area contributed by atoms with Gasteiger partial charge in [-0.2, -0.15) is 5.10 Å². The first-order valence-electron chi connectivity index (χ1n) is 5.61. The summed E-state index contributed by atoms with van der Waals surface area (Å²) in [6.45, 7) is 8.36. The second-order valence-electron chi connectivity index (χ2n) is 4.75. The molecule has 0 saturated carbocycles. The van der Waals surface area contributed by atoms with E-state index in [1.54, 1.807) is 0 Å². The van der Waals surface area contributed by atoms with E-state index in [1.807, 2.05) is 16.7 Å². The number of fused-ring (bicyclic) bond motifs is 1. The van der Waals surface area contributed by atoms with Crippen molar-refractivity contribution in [3.8, 4) is 0 Å². The quantitative estimate of drug-likeness (QED) is 0.842. The van der Waals surface area contributed by atoms with Crippen molar-refractivity contribution in [3.63, 3.8) is 0 Å². The predicted molar refractivity (Wildman–Crippen MR) is 64.0 cm³/mol. The molecule has 0 amide bonds. The van der Waals surface area contributed by atoms with Gasteiger partial charge >= 0.3 is 0 Å². The lowest BCUT2D eigenvalue weighted by atomic mass is 10.1. The van der Waals surface area contributed by atoms with Crippen LogP contribution in [0.3, 0.4) is 0 Å². The first-order chi connectivity index (χ1) is 7.50. The van der Waals surface area contributed by atoms with E-state index >= 15 is 0 Å². The van der Waals surface area contributed by atoms with E-state index < -0.39 is 0 Å². The summed E-state index contributed by atoms with van der Waals surface area (Å²) in [4.78, 5) is 11.7. The van der Waals surface area contributed by atoms with Crippen molar-refractivity contribution >= 4 is 5.52 Å². The summed E-state index contributed by atoms with van der Waals surface area (Å²) in [5.74, 6) is 1.59. The summed E-state index contributed by atoms with van der Waals surface area (Å²) in [5, 5.41) is 6.65. The molecule has 1 N–H and O–H groups in total. The standard InChI is InChI=1S/C12H17N3O/c1-7(2)9-5-10-12(16)14-13-11(8(3)4)15(10)6-9/h5-8H,1-4H3,(H,14,16). The Balaban J connectivity index is 2.78. The molecule has 2 aromatic rings. The number of rotatable bonds is 2. The number of aromatic amines is 1. The molecule has 0 aliphatic heterocycles. The molecule has 2 rings (SSSR count). The Hall–Kier alpha value is -1.58. The molecule has 4 heteroatoms. The number of aromatic nitrogens is 3. The van der Waals surface area contributed by atoms with Crippen LogP contribution in [0.5, 0.6) is 0 Å². The van der Waals surface area contributed by atoms with Crippen LogP contribution in [-0.4, -0.2) is 14.6 Å². The van der Waals surface area contributed by atoms with Crippen LogP contribution in [0, 0.1) is 0 Å². The van der Waals surface area contributed by atoms with Gasteiger partial charge in [0.05, 0.1) is 0 Å². The first kappa shape index (κ1) is 10.9. The first-order valence-corrected chi connectivity index (χ1v) is 5.61. The average Bonchev–Trinajstić information content (AvgIpc) is 2.62. The van der Waals surface area contributed by atoms with Crippen molar-refractivity contribution in [1.29, 1.82) is 0 Å².